The molecule has 0 aromatic heterocycles. The number of rotatable bonds is 13. The van der Waals surface area contributed by atoms with Crippen molar-refractivity contribution in [3.05, 3.63) is 156 Å². The van der Waals surface area contributed by atoms with Gasteiger partial charge < -0.3 is 28.4 Å². The van der Waals surface area contributed by atoms with E-state index in [9.17, 15) is 0 Å². The molecule has 0 radical (unpaired) electrons. The van der Waals surface area contributed by atoms with Crippen LogP contribution in [0.15, 0.2) is 133 Å². The van der Waals surface area contributed by atoms with E-state index in [4.69, 9.17) is 28.4 Å². The summed E-state index contributed by atoms with van der Waals surface area (Å²) in [4.78, 5) is 0. The zero-order valence-electron chi connectivity index (χ0n) is 25.2. The van der Waals surface area contributed by atoms with Crippen LogP contribution >= 0.6 is 0 Å². The molecule has 0 saturated carbocycles. The van der Waals surface area contributed by atoms with Gasteiger partial charge in [0.2, 0.25) is 0 Å². The predicted octanol–water partition coefficient (Wildman–Crippen LogP) is 7.24. The van der Waals surface area contributed by atoms with E-state index < -0.39 is 24.6 Å². The number of fused-ring (bicyclic) bond motifs is 3. The van der Waals surface area contributed by atoms with Crippen molar-refractivity contribution in [1.29, 1.82) is 0 Å². The molecule has 0 spiro atoms. The highest BCUT2D eigenvalue weighted by atomic mass is 16.8. The minimum atomic E-state index is -0.606. The van der Waals surface area contributed by atoms with Gasteiger partial charge in [-0.1, -0.05) is 127 Å². The number of benzene rings is 5. The lowest BCUT2D eigenvalue weighted by Crippen LogP contribution is -2.57. The molecule has 2 saturated heterocycles. The minimum absolute atomic E-state index is 0.343. The van der Waals surface area contributed by atoms with E-state index in [1.807, 2.05) is 54.6 Å². The van der Waals surface area contributed by atoms with Crippen LogP contribution in [-0.4, -0.2) is 43.4 Å². The monoisotopic (exact) mass is 602 g/mol. The first-order chi connectivity index (χ1) is 22.3. The average molecular weight is 603 g/mol. The molecule has 45 heavy (non-hydrogen) atoms. The average Bonchev–Trinajstić information content (AvgIpc) is 3.47. The lowest BCUT2D eigenvalue weighted by molar-refractivity contribution is -0.268. The Morgan fingerprint density at radius 1 is 0.444 bits per heavy atom. The molecule has 0 amide bonds. The molecule has 0 unspecified atom stereocenters. The SMILES string of the molecule is c1ccc(CO[C@@H]2[C@H](OCc3ccccc3)[C@H](OCc3ccccc3)[C@@H]3O[C@H]2[C@@H](COCc2ccc4ccccc4c2)O3)cc1. The Balaban J connectivity index is 1.11. The molecular formula is C39H38O6. The number of ether oxygens (including phenoxy) is 6. The van der Waals surface area contributed by atoms with Crippen LogP contribution in [0.1, 0.15) is 22.3 Å². The van der Waals surface area contributed by atoms with Crippen LogP contribution in [-0.2, 0) is 54.8 Å². The van der Waals surface area contributed by atoms with Crippen LogP contribution in [0, 0.1) is 0 Å². The molecule has 6 atom stereocenters. The first-order valence-electron chi connectivity index (χ1n) is 15.6. The molecule has 6 heteroatoms. The molecule has 0 aliphatic carbocycles. The summed E-state index contributed by atoms with van der Waals surface area (Å²) in [7, 11) is 0. The van der Waals surface area contributed by atoms with Crippen molar-refractivity contribution in [2.45, 2.75) is 63.2 Å². The van der Waals surface area contributed by atoms with E-state index in [1.54, 1.807) is 0 Å². The molecule has 2 bridgehead atoms. The number of hydrogen-bond donors (Lipinski definition) is 0. The van der Waals surface area contributed by atoms with Gasteiger partial charge in [0.25, 0.3) is 0 Å². The largest absolute Gasteiger partial charge is 0.374 e. The van der Waals surface area contributed by atoms with Gasteiger partial charge in [0.1, 0.15) is 30.5 Å². The molecule has 6 nitrogen and oxygen atoms in total. The van der Waals surface area contributed by atoms with Crippen molar-refractivity contribution in [2.24, 2.45) is 0 Å². The maximum atomic E-state index is 6.66. The van der Waals surface area contributed by atoms with Crippen LogP contribution < -0.4 is 0 Å². The Hall–Kier alpha value is -3.88. The van der Waals surface area contributed by atoms with Crippen LogP contribution in [0.3, 0.4) is 0 Å². The lowest BCUT2D eigenvalue weighted by Gasteiger charge is -2.40. The van der Waals surface area contributed by atoms with E-state index in [0.717, 1.165) is 22.3 Å². The van der Waals surface area contributed by atoms with Gasteiger partial charge in [-0.05, 0) is 39.1 Å². The summed E-state index contributed by atoms with van der Waals surface area (Å²) in [5, 5.41) is 2.41. The van der Waals surface area contributed by atoms with Crippen molar-refractivity contribution in [3.8, 4) is 0 Å². The third kappa shape index (κ3) is 7.34. The Bertz CT molecular complexity index is 1630. The summed E-state index contributed by atoms with van der Waals surface area (Å²) in [5.41, 5.74) is 4.33. The molecular weight excluding hydrogens is 564 g/mol. The second-order valence-electron chi connectivity index (χ2n) is 11.6. The van der Waals surface area contributed by atoms with Crippen molar-refractivity contribution in [2.75, 3.05) is 6.61 Å². The zero-order valence-corrected chi connectivity index (χ0v) is 25.2. The highest BCUT2D eigenvalue weighted by Gasteiger charge is 2.57. The van der Waals surface area contributed by atoms with E-state index in [-0.39, 0.29) is 12.2 Å². The zero-order chi connectivity index (χ0) is 30.3. The summed E-state index contributed by atoms with van der Waals surface area (Å²) < 4.78 is 39.2. The minimum Gasteiger partial charge on any atom is -0.374 e. The predicted molar refractivity (Wildman–Crippen MR) is 172 cm³/mol. The maximum absolute atomic E-state index is 6.66. The molecule has 230 valence electrons. The highest BCUT2D eigenvalue weighted by molar-refractivity contribution is 5.82. The first kappa shape index (κ1) is 29.8. The molecule has 2 fully saturated rings. The molecule has 7 rings (SSSR count). The summed E-state index contributed by atoms with van der Waals surface area (Å²) in [6, 6.07) is 45.2. The van der Waals surface area contributed by atoms with E-state index in [1.165, 1.54) is 10.8 Å². The van der Waals surface area contributed by atoms with Gasteiger partial charge in [0, 0.05) is 0 Å². The normalized spacial score (nSPS) is 24.2. The maximum Gasteiger partial charge on any atom is 0.187 e. The highest BCUT2D eigenvalue weighted by Crippen LogP contribution is 2.38. The summed E-state index contributed by atoms with van der Waals surface area (Å²) in [6.07, 6.45) is -2.70. The van der Waals surface area contributed by atoms with Crippen LogP contribution in [0.2, 0.25) is 0 Å². The Morgan fingerprint density at radius 2 is 0.978 bits per heavy atom. The smallest absolute Gasteiger partial charge is 0.187 e. The fourth-order valence-corrected chi connectivity index (χ4v) is 6.11. The first-order valence-corrected chi connectivity index (χ1v) is 15.6. The molecule has 5 aromatic carbocycles. The summed E-state index contributed by atoms with van der Waals surface area (Å²) in [5.74, 6) is 0. The number of hydrogen-bond acceptors (Lipinski definition) is 6. The van der Waals surface area contributed by atoms with Crippen LogP contribution in [0.25, 0.3) is 10.8 Å². The molecule has 2 heterocycles. The Labute approximate surface area is 264 Å². The van der Waals surface area contributed by atoms with Gasteiger partial charge in [-0.3, -0.25) is 0 Å². The standard InChI is InChI=1S/C39H38O6/c1-4-12-28(13-5-1)24-41-36-35-34(27-40-23-31-20-21-32-18-10-11-19-33(32)22-31)44-39(45-35)38(43-26-30-16-8-3-9-17-30)37(36)42-25-29-14-6-2-7-15-29/h1-22,34-39H,23-27H2/t34-,35+,36+,37+,38+,39+/m1/s1. The Morgan fingerprint density at radius 3 is 1.60 bits per heavy atom. The van der Waals surface area contributed by atoms with Gasteiger partial charge in [-0.2, -0.15) is 0 Å². The second kappa shape index (κ2) is 14.5. The molecule has 5 aromatic rings. The van der Waals surface area contributed by atoms with Crippen molar-refractivity contribution < 1.29 is 28.4 Å². The third-order valence-electron chi connectivity index (χ3n) is 8.43. The van der Waals surface area contributed by atoms with E-state index in [2.05, 4.69) is 78.9 Å². The third-order valence-corrected chi connectivity index (χ3v) is 8.43. The molecule has 2 aliphatic heterocycles. The molecule has 2 aliphatic rings. The van der Waals surface area contributed by atoms with Crippen LogP contribution in [0.5, 0.6) is 0 Å². The van der Waals surface area contributed by atoms with Gasteiger partial charge in [-0.25, -0.2) is 0 Å². The van der Waals surface area contributed by atoms with E-state index in [0.29, 0.717) is 33.0 Å². The van der Waals surface area contributed by atoms with Crippen molar-refractivity contribution >= 4 is 10.8 Å². The van der Waals surface area contributed by atoms with Crippen molar-refractivity contribution in [1.82, 2.24) is 0 Å². The quantitative estimate of drug-likeness (QED) is 0.142. The fourth-order valence-electron chi connectivity index (χ4n) is 6.11. The second-order valence-corrected chi connectivity index (χ2v) is 11.6. The van der Waals surface area contributed by atoms with Gasteiger partial charge >= 0.3 is 0 Å². The molecule has 0 N–H and O–H groups in total. The van der Waals surface area contributed by atoms with Gasteiger partial charge in [-0.15, -0.1) is 0 Å². The summed E-state index contributed by atoms with van der Waals surface area (Å²) >= 11 is 0. The fraction of sp³-hybridized carbons (Fsp3) is 0.282. The lowest BCUT2D eigenvalue weighted by atomic mass is 9.97. The van der Waals surface area contributed by atoms with Gasteiger partial charge in [0.05, 0.1) is 33.0 Å². The van der Waals surface area contributed by atoms with Gasteiger partial charge in [0.15, 0.2) is 6.29 Å². The van der Waals surface area contributed by atoms with E-state index >= 15 is 0 Å². The van der Waals surface area contributed by atoms with Crippen molar-refractivity contribution in [3.63, 3.8) is 0 Å². The summed E-state index contributed by atoms with van der Waals surface area (Å²) in [6.45, 7) is 2.07. The van der Waals surface area contributed by atoms with Crippen LogP contribution in [0.4, 0.5) is 0 Å². The Kier molecular flexibility index (Phi) is 9.59. The topological polar surface area (TPSA) is 55.4 Å².